The summed E-state index contributed by atoms with van der Waals surface area (Å²) in [7, 11) is 0. The van der Waals surface area contributed by atoms with Crippen LogP contribution in [0.15, 0.2) is 0 Å². The maximum atomic E-state index is 12.4. The molecule has 1 N–H and O–H groups in total. The van der Waals surface area contributed by atoms with E-state index in [0.29, 0.717) is 37.1 Å². The second kappa shape index (κ2) is 6.23. The standard InChI is InChI=1S/C11H17F3N4OS/c1-7(18-3-4-19-6-8(18)2)5-15-10-17-16-9(20-10)11(12,13)14/h7-8H,3-6H2,1-2H3,(H,15,17)/t7-,8+/m1/s1. The predicted molar refractivity (Wildman–Crippen MR) is 69.8 cm³/mol. The zero-order valence-electron chi connectivity index (χ0n) is 11.3. The fourth-order valence-corrected chi connectivity index (χ4v) is 2.77. The Morgan fingerprint density at radius 1 is 1.50 bits per heavy atom. The molecule has 1 fully saturated rings. The summed E-state index contributed by atoms with van der Waals surface area (Å²) in [5.74, 6) is 0. The molecule has 0 amide bonds. The van der Waals surface area contributed by atoms with Gasteiger partial charge >= 0.3 is 6.18 Å². The Morgan fingerprint density at radius 2 is 2.25 bits per heavy atom. The summed E-state index contributed by atoms with van der Waals surface area (Å²) in [6.07, 6.45) is -4.43. The summed E-state index contributed by atoms with van der Waals surface area (Å²) in [5.41, 5.74) is 0. The van der Waals surface area contributed by atoms with Gasteiger partial charge < -0.3 is 10.1 Å². The highest BCUT2D eigenvalue weighted by molar-refractivity contribution is 7.15. The molecular formula is C11H17F3N4OS. The fourth-order valence-electron chi connectivity index (χ4n) is 2.16. The van der Waals surface area contributed by atoms with Crippen LogP contribution in [-0.4, -0.2) is 53.5 Å². The molecule has 2 rings (SSSR count). The Morgan fingerprint density at radius 3 is 2.85 bits per heavy atom. The number of morpholine rings is 1. The minimum absolute atomic E-state index is 0.187. The topological polar surface area (TPSA) is 50.3 Å². The first-order chi connectivity index (χ1) is 9.38. The molecule has 0 aliphatic carbocycles. The van der Waals surface area contributed by atoms with Gasteiger partial charge in [-0.15, -0.1) is 10.2 Å². The number of ether oxygens (including phenoxy) is 1. The average Bonchev–Trinajstić information content (AvgIpc) is 2.85. The lowest BCUT2D eigenvalue weighted by molar-refractivity contribution is -0.138. The van der Waals surface area contributed by atoms with Crippen LogP contribution < -0.4 is 5.32 Å². The molecule has 5 nitrogen and oxygen atoms in total. The molecule has 0 radical (unpaired) electrons. The van der Waals surface area contributed by atoms with E-state index in [4.69, 9.17) is 4.74 Å². The second-order valence-corrected chi connectivity index (χ2v) is 5.78. The van der Waals surface area contributed by atoms with Crippen molar-refractivity contribution in [1.82, 2.24) is 15.1 Å². The van der Waals surface area contributed by atoms with Gasteiger partial charge in [0.25, 0.3) is 0 Å². The monoisotopic (exact) mass is 310 g/mol. The third-order valence-corrected chi connectivity index (χ3v) is 4.13. The maximum Gasteiger partial charge on any atom is 0.445 e. The highest BCUT2D eigenvalue weighted by Gasteiger charge is 2.35. The molecule has 0 spiro atoms. The van der Waals surface area contributed by atoms with E-state index in [1.54, 1.807) is 0 Å². The minimum atomic E-state index is -4.43. The van der Waals surface area contributed by atoms with Crippen molar-refractivity contribution in [2.45, 2.75) is 32.1 Å². The van der Waals surface area contributed by atoms with E-state index in [9.17, 15) is 13.2 Å². The summed E-state index contributed by atoms with van der Waals surface area (Å²) in [5, 5.41) is 8.85. The number of anilines is 1. The van der Waals surface area contributed by atoms with Crippen molar-refractivity contribution in [2.24, 2.45) is 0 Å². The molecule has 0 bridgehead atoms. The van der Waals surface area contributed by atoms with Gasteiger partial charge in [-0.1, -0.05) is 11.3 Å². The summed E-state index contributed by atoms with van der Waals surface area (Å²) >= 11 is 0.528. The lowest BCUT2D eigenvalue weighted by Gasteiger charge is -2.37. The van der Waals surface area contributed by atoms with E-state index in [-0.39, 0.29) is 11.2 Å². The predicted octanol–water partition coefficient (Wildman–Crippen LogP) is 2.08. The highest BCUT2D eigenvalue weighted by atomic mass is 32.1. The van der Waals surface area contributed by atoms with Crippen molar-refractivity contribution < 1.29 is 17.9 Å². The number of aromatic nitrogens is 2. The van der Waals surface area contributed by atoms with Crippen LogP contribution in [-0.2, 0) is 10.9 Å². The largest absolute Gasteiger partial charge is 0.445 e. The maximum absolute atomic E-state index is 12.4. The zero-order valence-corrected chi connectivity index (χ0v) is 12.1. The summed E-state index contributed by atoms with van der Waals surface area (Å²) in [6.45, 7) is 6.82. The van der Waals surface area contributed by atoms with Crippen LogP contribution in [0.5, 0.6) is 0 Å². The first-order valence-corrected chi connectivity index (χ1v) is 7.17. The van der Waals surface area contributed by atoms with Gasteiger partial charge in [0.05, 0.1) is 13.2 Å². The van der Waals surface area contributed by atoms with Gasteiger partial charge in [-0.3, -0.25) is 4.90 Å². The molecular weight excluding hydrogens is 293 g/mol. The summed E-state index contributed by atoms with van der Waals surface area (Å²) in [6, 6.07) is 0.493. The number of alkyl halides is 3. The molecule has 2 atom stereocenters. The normalized spacial score (nSPS) is 22.8. The molecule has 1 aliphatic heterocycles. The highest BCUT2D eigenvalue weighted by Crippen LogP contribution is 2.32. The number of halogens is 3. The SMILES string of the molecule is C[C@H](CNc1nnc(C(F)(F)F)s1)N1CCOC[C@@H]1C. The molecule has 1 aromatic heterocycles. The van der Waals surface area contributed by atoms with Crippen molar-refractivity contribution in [3.05, 3.63) is 5.01 Å². The Kier molecular flexibility index (Phi) is 4.82. The van der Waals surface area contributed by atoms with Gasteiger partial charge in [-0.25, -0.2) is 0 Å². The van der Waals surface area contributed by atoms with Crippen molar-refractivity contribution in [1.29, 1.82) is 0 Å². The van der Waals surface area contributed by atoms with Gasteiger partial charge in [-0.2, -0.15) is 13.2 Å². The van der Waals surface area contributed by atoms with Gasteiger partial charge in [0.1, 0.15) is 0 Å². The number of hydrogen-bond acceptors (Lipinski definition) is 6. The van der Waals surface area contributed by atoms with Crippen LogP contribution in [0.1, 0.15) is 18.9 Å². The van der Waals surface area contributed by atoms with Crippen molar-refractivity contribution in [2.75, 3.05) is 31.6 Å². The van der Waals surface area contributed by atoms with Crippen molar-refractivity contribution in [3.63, 3.8) is 0 Å². The lowest BCUT2D eigenvalue weighted by Crippen LogP contribution is -2.50. The molecule has 9 heteroatoms. The van der Waals surface area contributed by atoms with Gasteiger partial charge in [-0.05, 0) is 13.8 Å². The molecule has 1 saturated heterocycles. The third kappa shape index (κ3) is 3.80. The molecule has 20 heavy (non-hydrogen) atoms. The molecule has 0 saturated carbocycles. The Bertz CT molecular complexity index is 440. The first-order valence-electron chi connectivity index (χ1n) is 6.36. The van der Waals surface area contributed by atoms with Crippen LogP contribution in [0.2, 0.25) is 0 Å². The number of hydrogen-bond donors (Lipinski definition) is 1. The Hall–Kier alpha value is -0.930. The number of nitrogens with zero attached hydrogens (tertiary/aromatic N) is 3. The van der Waals surface area contributed by atoms with Crippen LogP contribution in [0.4, 0.5) is 18.3 Å². The van der Waals surface area contributed by atoms with Crippen molar-refractivity contribution >= 4 is 16.5 Å². The minimum Gasteiger partial charge on any atom is -0.379 e. The third-order valence-electron chi connectivity index (χ3n) is 3.20. The molecule has 0 aromatic carbocycles. The fraction of sp³-hybridized carbons (Fsp3) is 0.818. The summed E-state index contributed by atoms with van der Waals surface area (Å²) < 4.78 is 42.6. The van der Waals surface area contributed by atoms with Gasteiger partial charge in [0.15, 0.2) is 0 Å². The zero-order chi connectivity index (χ0) is 14.8. The number of nitrogens with one attached hydrogen (secondary N) is 1. The Labute approximate surface area is 119 Å². The second-order valence-electron chi connectivity index (χ2n) is 4.80. The van der Waals surface area contributed by atoms with Crippen LogP contribution in [0.3, 0.4) is 0 Å². The van der Waals surface area contributed by atoms with Crippen LogP contribution >= 0.6 is 11.3 Å². The van der Waals surface area contributed by atoms with E-state index >= 15 is 0 Å². The number of rotatable bonds is 4. The average molecular weight is 310 g/mol. The van der Waals surface area contributed by atoms with Gasteiger partial charge in [0.2, 0.25) is 10.1 Å². The van der Waals surface area contributed by atoms with E-state index < -0.39 is 11.2 Å². The quantitative estimate of drug-likeness (QED) is 0.923. The smallest absolute Gasteiger partial charge is 0.379 e. The van der Waals surface area contributed by atoms with Gasteiger partial charge in [0, 0.05) is 25.2 Å². The van der Waals surface area contributed by atoms with E-state index in [1.165, 1.54) is 0 Å². The first kappa shape index (κ1) is 15.5. The summed E-state index contributed by atoms with van der Waals surface area (Å²) in [4.78, 5) is 2.27. The molecule has 114 valence electrons. The van der Waals surface area contributed by atoms with E-state index in [0.717, 1.165) is 6.54 Å². The molecule has 2 heterocycles. The molecule has 1 aliphatic rings. The van der Waals surface area contributed by atoms with E-state index in [2.05, 4.69) is 27.3 Å². The van der Waals surface area contributed by atoms with Crippen molar-refractivity contribution in [3.8, 4) is 0 Å². The van der Waals surface area contributed by atoms with Crippen LogP contribution in [0.25, 0.3) is 0 Å². The lowest BCUT2D eigenvalue weighted by atomic mass is 10.2. The molecule has 0 unspecified atom stereocenters. The Balaban J connectivity index is 1.86. The molecule has 1 aromatic rings. The van der Waals surface area contributed by atoms with E-state index in [1.807, 2.05) is 6.92 Å². The van der Waals surface area contributed by atoms with Crippen LogP contribution in [0, 0.1) is 0 Å².